The monoisotopic (exact) mass is 465 g/mol. The number of carbonyl (C=O) groups excluding carboxylic acids is 2. The Morgan fingerprint density at radius 1 is 1.09 bits per heavy atom. The number of rotatable bonds is 7. The predicted octanol–water partition coefficient (Wildman–Crippen LogP) is 4.41. The Morgan fingerprint density at radius 3 is 2.30 bits per heavy atom. The number of benzene rings is 2. The van der Waals surface area contributed by atoms with Crippen LogP contribution < -0.4 is 10.6 Å². The van der Waals surface area contributed by atoms with E-state index >= 15 is 0 Å². The molecule has 33 heavy (non-hydrogen) atoms. The van der Waals surface area contributed by atoms with Crippen LogP contribution in [0.5, 0.6) is 0 Å². The van der Waals surface area contributed by atoms with Gasteiger partial charge in [-0.25, -0.2) is 9.59 Å². The fourth-order valence-corrected chi connectivity index (χ4v) is 4.86. The summed E-state index contributed by atoms with van der Waals surface area (Å²) in [6.07, 6.45) is -0.655. The molecule has 1 aliphatic carbocycles. The number of fused-ring (bicyclic) bond motifs is 3. The lowest BCUT2D eigenvalue weighted by Gasteiger charge is -2.17. The first kappa shape index (κ1) is 22.5. The number of aryl methyl sites for hydroxylation is 1. The van der Waals surface area contributed by atoms with Gasteiger partial charge < -0.3 is 20.5 Å². The van der Waals surface area contributed by atoms with Crippen molar-refractivity contribution in [1.29, 1.82) is 0 Å². The zero-order valence-corrected chi connectivity index (χ0v) is 18.9. The van der Waals surface area contributed by atoms with Crippen molar-refractivity contribution in [2.45, 2.75) is 32.2 Å². The number of anilines is 1. The molecule has 0 aliphatic heterocycles. The van der Waals surface area contributed by atoms with Crippen molar-refractivity contribution >= 4 is 34.5 Å². The number of amides is 2. The second kappa shape index (κ2) is 9.41. The van der Waals surface area contributed by atoms with Crippen LogP contribution in [0.25, 0.3) is 11.1 Å². The fraction of sp³-hybridized carbons (Fsp3) is 0.250. The van der Waals surface area contributed by atoms with Gasteiger partial charge in [0.2, 0.25) is 5.91 Å². The zero-order valence-electron chi connectivity index (χ0n) is 18.1. The zero-order chi connectivity index (χ0) is 23.5. The van der Waals surface area contributed by atoms with Crippen molar-refractivity contribution in [3.8, 4) is 11.1 Å². The number of carboxylic acids is 1. The summed E-state index contributed by atoms with van der Waals surface area (Å²) in [7, 11) is 0. The predicted molar refractivity (Wildman–Crippen MR) is 125 cm³/mol. The Balaban J connectivity index is 1.32. The van der Waals surface area contributed by atoms with Gasteiger partial charge in [-0.3, -0.25) is 4.79 Å². The van der Waals surface area contributed by atoms with Gasteiger partial charge >= 0.3 is 12.1 Å². The van der Waals surface area contributed by atoms with E-state index in [4.69, 9.17) is 4.74 Å². The van der Waals surface area contributed by atoms with Crippen molar-refractivity contribution in [2.24, 2.45) is 0 Å². The standard InChI is InChI=1S/C24H23N3O5S/c1-13(11-20(28)26-22-21(23(29)30)14(2)27-33-22)25-24(31)32-12-19-17-9-5-3-7-15(17)16-8-4-6-10-18(16)19/h3-10,13,19H,11-12H2,1-2H3,(H,25,31)(H,26,28)(H,29,30)/t13-/m1/s1. The molecule has 1 aromatic heterocycles. The lowest BCUT2D eigenvalue weighted by atomic mass is 9.98. The Labute approximate surface area is 194 Å². The summed E-state index contributed by atoms with van der Waals surface area (Å²) >= 11 is 0.910. The van der Waals surface area contributed by atoms with Crippen LogP contribution in [-0.2, 0) is 9.53 Å². The molecule has 0 spiro atoms. The normalized spacial score (nSPS) is 13.0. The number of nitrogens with one attached hydrogen (secondary N) is 2. The van der Waals surface area contributed by atoms with E-state index in [0.717, 1.165) is 33.8 Å². The molecule has 1 atom stereocenters. The molecule has 0 saturated heterocycles. The topological polar surface area (TPSA) is 118 Å². The van der Waals surface area contributed by atoms with Crippen molar-refractivity contribution in [2.75, 3.05) is 11.9 Å². The summed E-state index contributed by atoms with van der Waals surface area (Å²) in [6.45, 7) is 3.43. The summed E-state index contributed by atoms with van der Waals surface area (Å²) in [6, 6.07) is 15.6. The van der Waals surface area contributed by atoms with Gasteiger partial charge in [0.15, 0.2) is 0 Å². The largest absolute Gasteiger partial charge is 0.478 e. The summed E-state index contributed by atoms with van der Waals surface area (Å²) in [5, 5.41) is 14.7. The number of aromatic nitrogens is 1. The van der Waals surface area contributed by atoms with Crippen LogP contribution in [0.15, 0.2) is 48.5 Å². The first-order chi connectivity index (χ1) is 15.8. The molecule has 0 bridgehead atoms. The molecule has 4 rings (SSSR count). The average molecular weight is 466 g/mol. The van der Waals surface area contributed by atoms with E-state index in [1.54, 1.807) is 13.8 Å². The Bertz CT molecular complexity index is 1180. The van der Waals surface area contributed by atoms with Gasteiger partial charge in [-0.2, -0.15) is 4.37 Å². The Morgan fingerprint density at radius 2 is 1.70 bits per heavy atom. The summed E-state index contributed by atoms with van der Waals surface area (Å²) in [5.41, 5.74) is 4.84. The molecule has 0 fully saturated rings. The number of hydrogen-bond acceptors (Lipinski definition) is 6. The first-order valence-electron chi connectivity index (χ1n) is 10.5. The molecule has 1 heterocycles. The molecule has 3 N–H and O–H groups in total. The highest BCUT2D eigenvalue weighted by atomic mass is 32.1. The van der Waals surface area contributed by atoms with Crippen molar-refractivity contribution < 1.29 is 24.2 Å². The maximum atomic E-state index is 12.4. The van der Waals surface area contributed by atoms with E-state index in [-0.39, 0.29) is 29.5 Å². The van der Waals surface area contributed by atoms with Crippen LogP contribution in [0.1, 0.15) is 46.4 Å². The third kappa shape index (κ3) is 4.73. The molecule has 2 amide bonds. The highest BCUT2D eigenvalue weighted by Gasteiger charge is 2.29. The quantitative estimate of drug-likeness (QED) is 0.476. The number of aromatic carboxylic acids is 1. The smallest absolute Gasteiger partial charge is 0.407 e. The molecule has 170 valence electrons. The van der Waals surface area contributed by atoms with Gasteiger partial charge in [-0.1, -0.05) is 48.5 Å². The molecule has 0 saturated carbocycles. The molecular weight excluding hydrogens is 442 g/mol. The van der Waals surface area contributed by atoms with Gasteiger partial charge in [-0.15, -0.1) is 0 Å². The van der Waals surface area contributed by atoms with Crippen LogP contribution in [0.4, 0.5) is 9.80 Å². The molecule has 2 aromatic carbocycles. The molecule has 8 nitrogen and oxygen atoms in total. The van der Waals surface area contributed by atoms with Crippen LogP contribution in [0.3, 0.4) is 0 Å². The third-order valence-corrected chi connectivity index (χ3v) is 6.38. The van der Waals surface area contributed by atoms with Crippen LogP contribution in [0.2, 0.25) is 0 Å². The van der Waals surface area contributed by atoms with E-state index in [9.17, 15) is 19.5 Å². The lowest BCUT2D eigenvalue weighted by Crippen LogP contribution is -2.36. The number of carbonyl (C=O) groups is 3. The van der Waals surface area contributed by atoms with E-state index in [1.165, 1.54) is 0 Å². The van der Waals surface area contributed by atoms with Gasteiger partial charge in [-0.05, 0) is 47.6 Å². The maximum Gasteiger partial charge on any atom is 0.407 e. The van der Waals surface area contributed by atoms with Gasteiger partial charge in [0.05, 0.1) is 5.69 Å². The first-order valence-corrected chi connectivity index (χ1v) is 11.2. The average Bonchev–Trinajstić information content (AvgIpc) is 3.29. The van der Waals surface area contributed by atoms with E-state index in [1.807, 2.05) is 36.4 Å². The number of hydrogen-bond donors (Lipinski definition) is 3. The van der Waals surface area contributed by atoms with Crippen molar-refractivity contribution in [3.05, 3.63) is 70.9 Å². The molecule has 3 aromatic rings. The lowest BCUT2D eigenvalue weighted by molar-refractivity contribution is -0.116. The van der Waals surface area contributed by atoms with Crippen LogP contribution in [0, 0.1) is 6.92 Å². The molecule has 0 radical (unpaired) electrons. The summed E-state index contributed by atoms with van der Waals surface area (Å²) in [4.78, 5) is 36.0. The van der Waals surface area contributed by atoms with Crippen LogP contribution in [-0.4, -0.2) is 40.1 Å². The third-order valence-electron chi connectivity index (χ3n) is 5.53. The number of nitrogens with zero attached hydrogens (tertiary/aromatic N) is 1. The maximum absolute atomic E-state index is 12.4. The Kier molecular flexibility index (Phi) is 6.41. The number of carboxylic acid groups (broad SMARTS) is 1. The minimum Gasteiger partial charge on any atom is -0.478 e. The second-order valence-electron chi connectivity index (χ2n) is 7.90. The fourth-order valence-electron chi connectivity index (χ4n) is 4.05. The van der Waals surface area contributed by atoms with Gasteiger partial charge in [0.1, 0.15) is 17.2 Å². The Hall–Kier alpha value is -3.72. The van der Waals surface area contributed by atoms with Crippen molar-refractivity contribution in [1.82, 2.24) is 9.69 Å². The molecule has 0 unspecified atom stereocenters. The highest BCUT2D eigenvalue weighted by molar-refractivity contribution is 7.11. The van der Waals surface area contributed by atoms with Gasteiger partial charge in [0.25, 0.3) is 0 Å². The molecular formula is C24H23N3O5S. The minimum atomic E-state index is -1.15. The summed E-state index contributed by atoms with van der Waals surface area (Å²) in [5.74, 6) is -1.63. The number of ether oxygens (including phenoxy) is 1. The van der Waals surface area contributed by atoms with E-state index < -0.39 is 24.0 Å². The van der Waals surface area contributed by atoms with Gasteiger partial charge in [0, 0.05) is 18.4 Å². The van der Waals surface area contributed by atoms with E-state index in [0.29, 0.717) is 5.69 Å². The van der Waals surface area contributed by atoms with Crippen molar-refractivity contribution in [3.63, 3.8) is 0 Å². The van der Waals surface area contributed by atoms with E-state index in [2.05, 4.69) is 27.1 Å². The minimum absolute atomic E-state index is 0.0227. The summed E-state index contributed by atoms with van der Waals surface area (Å²) < 4.78 is 9.47. The number of alkyl carbamates (subject to hydrolysis) is 1. The highest BCUT2D eigenvalue weighted by Crippen LogP contribution is 2.44. The van der Waals surface area contributed by atoms with Crippen LogP contribution >= 0.6 is 11.5 Å². The SMILES string of the molecule is Cc1nsc(NC(=O)C[C@@H](C)NC(=O)OCC2c3ccccc3-c3ccccc32)c1C(=O)O. The molecule has 9 heteroatoms. The molecule has 1 aliphatic rings. The second-order valence-corrected chi connectivity index (χ2v) is 8.67.